The number of nitrogens with zero attached hydrogens (tertiary/aromatic N) is 2. The second-order valence-corrected chi connectivity index (χ2v) is 8.83. The van der Waals surface area contributed by atoms with E-state index < -0.39 is 0 Å². The summed E-state index contributed by atoms with van der Waals surface area (Å²) in [6.07, 6.45) is 8.87. The number of aliphatic hydroxyl groups excluding tert-OH is 1. The van der Waals surface area contributed by atoms with Gasteiger partial charge in [0, 0.05) is 29.8 Å². The fraction of sp³-hybridized carbons (Fsp3) is 0.125. The molecule has 0 bridgehead atoms. The van der Waals surface area contributed by atoms with E-state index in [1.807, 2.05) is 67.4 Å². The number of hydrogen-bond donors (Lipinski definition) is 2. The zero-order chi connectivity index (χ0) is 25.5. The summed E-state index contributed by atoms with van der Waals surface area (Å²) in [4.78, 5) is 6.64. The SMILES string of the molecule is C=C(O)/C=C(/C)N(C)C(=NC(=N)c1ccc(-c2ccccc2)cc1)C1=CCC(c2ccccc2)C=C1. The van der Waals surface area contributed by atoms with Crippen LogP contribution in [-0.4, -0.2) is 28.7 Å². The number of allylic oxidation sites excluding steroid dienone is 4. The maximum Gasteiger partial charge on any atom is 0.154 e. The molecule has 4 nitrogen and oxygen atoms in total. The van der Waals surface area contributed by atoms with Gasteiger partial charge in [0.15, 0.2) is 5.84 Å². The van der Waals surface area contributed by atoms with Gasteiger partial charge in [-0.25, -0.2) is 4.99 Å². The van der Waals surface area contributed by atoms with Gasteiger partial charge in [0.1, 0.15) is 11.6 Å². The van der Waals surface area contributed by atoms with Crippen molar-refractivity contribution < 1.29 is 5.11 Å². The van der Waals surface area contributed by atoms with Crippen LogP contribution < -0.4 is 0 Å². The Bertz CT molecular complexity index is 1350. The van der Waals surface area contributed by atoms with Gasteiger partial charge in [-0.2, -0.15) is 0 Å². The number of aliphatic imine (C=N–C) groups is 1. The van der Waals surface area contributed by atoms with Crippen LogP contribution in [0.15, 0.2) is 138 Å². The van der Waals surface area contributed by atoms with Crippen molar-refractivity contribution in [3.8, 4) is 11.1 Å². The third-order valence-corrected chi connectivity index (χ3v) is 6.29. The largest absolute Gasteiger partial charge is 0.509 e. The molecule has 36 heavy (non-hydrogen) atoms. The molecule has 4 rings (SSSR count). The molecule has 4 heteroatoms. The van der Waals surface area contributed by atoms with Gasteiger partial charge in [0.05, 0.1) is 0 Å². The first kappa shape index (κ1) is 24.7. The molecule has 0 aromatic heterocycles. The third-order valence-electron chi connectivity index (χ3n) is 6.29. The van der Waals surface area contributed by atoms with Crippen LogP contribution in [-0.2, 0) is 0 Å². The fourth-order valence-electron chi connectivity index (χ4n) is 4.19. The molecule has 0 amide bonds. The summed E-state index contributed by atoms with van der Waals surface area (Å²) < 4.78 is 0. The van der Waals surface area contributed by atoms with Gasteiger partial charge < -0.3 is 10.0 Å². The Morgan fingerprint density at radius 3 is 2.17 bits per heavy atom. The first-order valence-corrected chi connectivity index (χ1v) is 12.0. The summed E-state index contributed by atoms with van der Waals surface area (Å²) in [6, 6.07) is 28.5. The molecular formula is C32H31N3O. The summed E-state index contributed by atoms with van der Waals surface area (Å²) >= 11 is 0. The van der Waals surface area contributed by atoms with E-state index in [9.17, 15) is 5.11 Å². The highest BCUT2D eigenvalue weighted by molar-refractivity contribution is 6.11. The van der Waals surface area contributed by atoms with E-state index in [4.69, 9.17) is 10.4 Å². The van der Waals surface area contributed by atoms with Gasteiger partial charge in [-0.05, 0) is 36.1 Å². The number of likely N-dealkylation sites (N-methyl/N-ethyl adjacent to an activating group) is 1. The normalized spacial score (nSPS) is 15.8. The smallest absolute Gasteiger partial charge is 0.154 e. The van der Waals surface area contributed by atoms with Gasteiger partial charge in [-0.3, -0.25) is 5.41 Å². The molecule has 0 spiro atoms. The first-order valence-electron chi connectivity index (χ1n) is 12.0. The molecule has 0 fully saturated rings. The van der Waals surface area contributed by atoms with E-state index in [0.29, 0.717) is 11.8 Å². The van der Waals surface area contributed by atoms with Crippen LogP contribution in [0, 0.1) is 5.41 Å². The topological polar surface area (TPSA) is 59.7 Å². The van der Waals surface area contributed by atoms with Gasteiger partial charge in [-0.15, -0.1) is 0 Å². The van der Waals surface area contributed by atoms with Crippen LogP contribution in [0.1, 0.15) is 30.4 Å². The molecule has 2 N–H and O–H groups in total. The highest BCUT2D eigenvalue weighted by atomic mass is 16.3. The van der Waals surface area contributed by atoms with Crippen LogP contribution in [0.25, 0.3) is 11.1 Å². The molecule has 0 saturated heterocycles. The van der Waals surface area contributed by atoms with E-state index in [2.05, 4.69) is 61.2 Å². The van der Waals surface area contributed by atoms with Crippen molar-refractivity contribution in [3.05, 3.63) is 144 Å². The van der Waals surface area contributed by atoms with Crippen molar-refractivity contribution >= 4 is 11.7 Å². The molecule has 1 aliphatic rings. The number of rotatable bonds is 6. The minimum absolute atomic E-state index is 0.0254. The van der Waals surface area contributed by atoms with Crippen molar-refractivity contribution in [1.82, 2.24) is 4.90 Å². The van der Waals surface area contributed by atoms with Crippen molar-refractivity contribution in [3.63, 3.8) is 0 Å². The van der Waals surface area contributed by atoms with Crippen molar-refractivity contribution in [2.24, 2.45) is 4.99 Å². The van der Waals surface area contributed by atoms with E-state index in [-0.39, 0.29) is 11.6 Å². The van der Waals surface area contributed by atoms with Crippen LogP contribution in [0.3, 0.4) is 0 Å². The Balaban J connectivity index is 1.63. The zero-order valence-electron chi connectivity index (χ0n) is 20.7. The van der Waals surface area contributed by atoms with Gasteiger partial charge >= 0.3 is 0 Å². The third kappa shape index (κ3) is 5.97. The molecule has 0 radical (unpaired) electrons. The van der Waals surface area contributed by atoms with E-state index in [1.165, 1.54) is 5.56 Å². The molecule has 1 unspecified atom stereocenters. The van der Waals surface area contributed by atoms with Gasteiger partial charge in [-0.1, -0.05) is 110 Å². The van der Waals surface area contributed by atoms with Gasteiger partial charge in [0.25, 0.3) is 0 Å². The predicted octanol–water partition coefficient (Wildman–Crippen LogP) is 7.65. The van der Waals surface area contributed by atoms with E-state index >= 15 is 0 Å². The quantitative estimate of drug-likeness (QED) is 0.167. The Hall–Kier alpha value is -4.44. The Morgan fingerprint density at radius 1 is 0.972 bits per heavy atom. The predicted molar refractivity (Wildman–Crippen MR) is 150 cm³/mol. The molecule has 0 saturated carbocycles. The van der Waals surface area contributed by atoms with Crippen molar-refractivity contribution in [1.29, 1.82) is 5.41 Å². The fourth-order valence-corrected chi connectivity index (χ4v) is 4.19. The minimum Gasteiger partial charge on any atom is -0.509 e. The molecule has 180 valence electrons. The molecular weight excluding hydrogens is 442 g/mol. The number of aliphatic hydroxyl groups is 1. The summed E-state index contributed by atoms with van der Waals surface area (Å²) in [5.74, 6) is 1.10. The lowest BCUT2D eigenvalue weighted by atomic mass is 9.90. The zero-order valence-corrected chi connectivity index (χ0v) is 20.7. The number of hydrogen-bond acceptors (Lipinski definition) is 2. The lowest BCUT2D eigenvalue weighted by molar-refractivity contribution is 0.431. The lowest BCUT2D eigenvalue weighted by Gasteiger charge is -2.25. The van der Waals surface area contributed by atoms with E-state index in [1.54, 1.807) is 6.08 Å². The molecule has 3 aromatic rings. The Kier molecular flexibility index (Phi) is 7.76. The van der Waals surface area contributed by atoms with Crippen LogP contribution in [0.2, 0.25) is 0 Å². The molecule has 1 aliphatic carbocycles. The Labute approximate surface area is 213 Å². The number of nitrogens with one attached hydrogen (secondary N) is 1. The average molecular weight is 474 g/mol. The second kappa shape index (κ2) is 11.3. The van der Waals surface area contributed by atoms with Crippen LogP contribution in [0.4, 0.5) is 0 Å². The second-order valence-electron chi connectivity index (χ2n) is 8.83. The summed E-state index contributed by atoms with van der Waals surface area (Å²) in [6.45, 7) is 5.46. The monoisotopic (exact) mass is 473 g/mol. The van der Waals surface area contributed by atoms with Crippen molar-refractivity contribution in [2.75, 3.05) is 7.05 Å². The highest BCUT2D eigenvalue weighted by Crippen LogP contribution is 2.28. The van der Waals surface area contributed by atoms with Crippen LogP contribution >= 0.6 is 0 Å². The summed E-state index contributed by atoms with van der Waals surface area (Å²) in [5.41, 5.74) is 5.94. The summed E-state index contributed by atoms with van der Waals surface area (Å²) in [5, 5.41) is 18.4. The van der Waals surface area contributed by atoms with E-state index in [0.717, 1.165) is 34.4 Å². The number of benzene rings is 3. The molecule has 0 heterocycles. The maximum atomic E-state index is 9.70. The first-order chi connectivity index (χ1) is 17.4. The maximum absolute atomic E-state index is 9.70. The molecule has 1 atom stereocenters. The molecule has 3 aromatic carbocycles. The number of amidine groups is 2. The lowest BCUT2D eigenvalue weighted by Crippen LogP contribution is -2.28. The highest BCUT2D eigenvalue weighted by Gasteiger charge is 2.18. The standard InChI is InChI=1S/C32H31N3O/c1-23(22-24(2)36)35(3)32(30-20-16-28(17-21-30)26-12-8-5-9-13-26)34-31(33)29-18-14-27(15-19-29)25-10-6-4-7-11-25/h4-16,18-22,28,33,36H,2,17H2,1,3H3/b23-22-,33-31?,34-32?. The molecule has 0 aliphatic heterocycles. The summed E-state index contributed by atoms with van der Waals surface area (Å²) in [7, 11) is 1.89. The van der Waals surface area contributed by atoms with Crippen molar-refractivity contribution in [2.45, 2.75) is 19.3 Å². The average Bonchev–Trinajstić information content (AvgIpc) is 2.92. The minimum atomic E-state index is -0.0254. The van der Waals surface area contributed by atoms with Gasteiger partial charge in [0.2, 0.25) is 0 Å². The van der Waals surface area contributed by atoms with Crippen LogP contribution in [0.5, 0.6) is 0 Å². The Morgan fingerprint density at radius 2 is 1.58 bits per heavy atom.